The topological polar surface area (TPSA) is 47.2 Å². The molecule has 0 aliphatic heterocycles. The molecule has 0 radical (unpaired) electrons. The Morgan fingerprint density at radius 1 is 1.45 bits per heavy atom. The summed E-state index contributed by atoms with van der Waals surface area (Å²) in [5, 5.41) is 10.4. The minimum atomic E-state index is -0.278. The Morgan fingerprint density at radius 3 is 2.18 bits per heavy atom. The van der Waals surface area contributed by atoms with Crippen molar-refractivity contribution in [3.63, 3.8) is 0 Å². The fourth-order valence-electron chi connectivity index (χ4n) is 0.826. The lowest BCUT2D eigenvalue weighted by Gasteiger charge is -1.97. The van der Waals surface area contributed by atoms with Gasteiger partial charge in [0.15, 0.2) is 0 Å². The van der Waals surface area contributed by atoms with Crippen LogP contribution < -0.4 is 5.56 Å². The minimum Gasteiger partial charge on any atom is -0.493 e. The number of aromatic nitrogens is 2. The molecule has 0 aliphatic carbocycles. The summed E-state index contributed by atoms with van der Waals surface area (Å²) >= 11 is 4.55. The molecule has 0 spiro atoms. The van der Waals surface area contributed by atoms with Gasteiger partial charge in [-0.1, -0.05) is 12.2 Å². The van der Waals surface area contributed by atoms with Crippen LogP contribution in [0.4, 0.5) is 0 Å². The molecule has 0 aliphatic rings. The molecule has 0 unspecified atom stereocenters. The largest absolute Gasteiger partial charge is 0.493 e. The molecule has 0 saturated heterocycles. The summed E-state index contributed by atoms with van der Waals surface area (Å²) < 4.78 is 2.62. The highest BCUT2D eigenvalue weighted by atomic mass is 32.1. The third kappa shape index (κ3) is 0.970. The second kappa shape index (κ2) is 2.50. The zero-order valence-corrected chi connectivity index (χ0v) is 7.05. The summed E-state index contributed by atoms with van der Waals surface area (Å²) in [4.78, 5) is 11.1. The molecule has 1 N–H and O–H groups in total. The van der Waals surface area contributed by atoms with Crippen LogP contribution in [0, 0.1) is 0 Å². The van der Waals surface area contributed by atoms with Crippen molar-refractivity contribution in [2.24, 2.45) is 14.1 Å². The molecule has 0 atom stereocenters. The van der Waals surface area contributed by atoms with Gasteiger partial charge in [-0.25, -0.2) is 0 Å². The normalized spacial score (nSPS) is 10.0. The highest BCUT2D eigenvalue weighted by Gasteiger charge is 2.11. The van der Waals surface area contributed by atoms with Crippen LogP contribution in [-0.2, 0) is 14.1 Å². The van der Waals surface area contributed by atoms with Crippen LogP contribution in [-0.4, -0.2) is 19.8 Å². The van der Waals surface area contributed by atoms with Crippen molar-refractivity contribution in [3.05, 3.63) is 15.9 Å². The predicted octanol–water partition coefficient (Wildman–Crippen LogP) is -0.223. The Hall–Kier alpha value is -1.10. The van der Waals surface area contributed by atoms with Gasteiger partial charge >= 0.3 is 0 Å². The van der Waals surface area contributed by atoms with E-state index in [1.165, 1.54) is 14.7 Å². The van der Waals surface area contributed by atoms with E-state index in [4.69, 9.17) is 0 Å². The Balaban J connectivity index is 3.61. The Labute approximate surface area is 68.7 Å². The van der Waals surface area contributed by atoms with Crippen molar-refractivity contribution in [2.75, 3.05) is 0 Å². The molecule has 0 amide bonds. The molecule has 1 aromatic rings. The monoisotopic (exact) mass is 172 g/mol. The van der Waals surface area contributed by atoms with Crippen LogP contribution in [0.15, 0.2) is 4.79 Å². The molecule has 60 valence electrons. The number of rotatable bonds is 1. The van der Waals surface area contributed by atoms with Crippen molar-refractivity contribution in [1.82, 2.24) is 9.36 Å². The maximum atomic E-state index is 11.1. The average Bonchev–Trinajstić information content (AvgIpc) is 2.17. The number of aromatic hydroxyl groups is 1. The molecular weight excluding hydrogens is 164 g/mol. The van der Waals surface area contributed by atoms with E-state index in [1.54, 1.807) is 14.1 Å². The summed E-state index contributed by atoms with van der Waals surface area (Å²) in [7, 11) is 3.14. The van der Waals surface area contributed by atoms with Gasteiger partial charge in [0.25, 0.3) is 5.56 Å². The number of hydrogen-bond donors (Lipinski definition) is 1. The molecule has 5 heteroatoms. The maximum absolute atomic E-state index is 11.1. The summed E-state index contributed by atoms with van der Waals surface area (Å²) in [5.74, 6) is -0.0903. The molecule has 0 bridgehead atoms. The van der Waals surface area contributed by atoms with E-state index in [0.717, 1.165) is 0 Å². The third-order valence-corrected chi connectivity index (χ3v) is 1.88. The van der Waals surface area contributed by atoms with E-state index in [1.807, 2.05) is 0 Å². The van der Waals surface area contributed by atoms with Crippen LogP contribution in [0.5, 0.6) is 5.88 Å². The van der Waals surface area contributed by atoms with Gasteiger partial charge < -0.3 is 5.11 Å². The lowest BCUT2D eigenvalue weighted by molar-refractivity contribution is 0.397. The highest BCUT2D eigenvalue weighted by Crippen LogP contribution is 2.08. The van der Waals surface area contributed by atoms with E-state index in [2.05, 4.69) is 12.2 Å². The van der Waals surface area contributed by atoms with Gasteiger partial charge in [0.2, 0.25) is 5.88 Å². The lowest BCUT2D eigenvalue weighted by Crippen LogP contribution is -2.18. The molecular formula is C6H8N2O2S. The molecule has 4 nitrogen and oxygen atoms in total. The Kier molecular flexibility index (Phi) is 1.82. The van der Waals surface area contributed by atoms with Crippen molar-refractivity contribution in [3.8, 4) is 5.88 Å². The van der Waals surface area contributed by atoms with Crippen molar-refractivity contribution < 1.29 is 5.11 Å². The summed E-state index contributed by atoms with van der Waals surface area (Å²) in [6.07, 6.45) is 0. The predicted molar refractivity (Wildman–Crippen MR) is 45.1 cm³/mol. The fourth-order valence-corrected chi connectivity index (χ4v) is 1.03. The SMILES string of the molecule is Cn1c(O)c(C=S)c(=O)n1C. The highest BCUT2D eigenvalue weighted by molar-refractivity contribution is 7.79. The molecule has 1 heterocycles. The van der Waals surface area contributed by atoms with Gasteiger partial charge in [0.1, 0.15) is 5.56 Å². The Bertz CT molecular complexity index is 350. The number of nitrogens with zero attached hydrogens (tertiary/aromatic N) is 2. The zero-order valence-electron chi connectivity index (χ0n) is 6.24. The van der Waals surface area contributed by atoms with Crippen molar-refractivity contribution >= 4 is 17.6 Å². The van der Waals surface area contributed by atoms with E-state index in [0.29, 0.717) is 0 Å². The van der Waals surface area contributed by atoms with Crippen LogP contribution in [0.1, 0.15) is 5.56 Å². The van der Waals surface area contributed by atoms with Gasteiger partial charge in [0, 0.05) is 19.5 Å². The number of hydrogen-bond acceptors (Lipinski definition) is 3. The van der Waals surface area contributed by atoms with E-state index >= 15 is 0 Å². The number of thiocarbonyl (C=S) groups is 1. The molecule has 0 aromatic carbocycles. The average molecular weight is 172 g/mol. The molecule has 1 rings (SSSR count). The molecule has 1 aromatic heterocycles. The first-order chi connectivity index (χ1) is 5.09. The van der Waals surface area contributed by atoms with Crippen LogP contribution in [0.25, 0.3) is 0 Å². The van der Waals surface area contributed by atoms with Crippen LogP contribution >= 0.6 is 12.2 Å². The van der Waals surface area contributed by atoms with Crippen LogP contribution in [0.3, 0.4) is 0 Å². The van der Waals surface area contributed by atoms with E-state index in [9.17, 15) is 9.90 Å². The quantitative estimate of drug-likeness (QED) is 0.596. The van der Waals surface area contributed by atoms with Crippen molar-refractivity contribution in [2.45, 2.75) is 0 Å². The third-order valence-electron chi connectivity index (χ3n) is 1.64. The summed E-state index contributed by atoms with van der Waals surface area (Å²) in [5.41, 5.74) is -0.106. The fraction of sp³-hybridized carbons (Fsp3) is 0.333. The smallest absolute Gasteiger partial charge is 0.278 e. The van der Waals surface area contributed by atoms with Gasteiger partial charge in [-0.15, -0.1) is 0 Å². The zero-order chi connectivity index (χ0) is 8.59. The second-order valence-corrected chi connectivity index (χ2v) is 2.44. The first-order valence-electron chi connectivity index (χ1n) is 2.99. The van der Waals surface area contributed by atoms with Gasteiger partial charge in [0.05, 0.1) is 0 Å². The Morgan fingerprint density at radius 2 is 2.00 bits per heavy atom. The maximum Gasteiger partial charge on any atom is 0.278 e. The first-order valence-corrected chi connectivity index (χ1v) is 3.47. The second-order valence-electron chi connectivity index (χ2n) is 2.21. The lowest BCUT2D eigenvalue weighted by atomic mass is 10.4. The van der Waals surface area contributed by atoms with Gasteiger partial charge in [-0.3, -0.25) is 14.2 Å². The summed E-state index contributed by atoms with van der Waals surface area (Å²) in [6.45, 7) is 0. The van der Waals surface area contributed by atoms with E-state index < -0.39 is 0 Å². The van der Waals surface area contributed by atoms with Gasteiger partial charge in [-0.05, 0) is 0 Å². The summed E-state index contributed by atoms with van der Waals surface area (Å²) in [6, 6.07) is 0. The van der Waals surface area contributed by atoms with E-state index in [-0.39, 0.29) is 17.0 Å². The molecule has 0 fully saturated rings. The van der Waals surface area contributed by atoms with Crippen molar-refractivity contribution in [1.29, 1.82) is 0 Å². The molecule has 0 saturated carbocycles. The van der Waals surface area contributed by atoms with Gasteiger partial charge in [-0.2, -0.15) is 0 Å². The minimum absolute atomic E-state index is 0.0903. The first kappa shape index (κ1) is 8.00. The van der Waals surface area contributed by atoms with Crippen LogP contribution in [0.2, 0.25) is 0 Å². The molecule has 11 heavy (non-hydrogen) atoms. The standard InChI is InChI=1S/C6H8N2O2S/c1-7-5(9)4(3-11)6(10)8(7)2/h3,9H,1-2H3.